The number of carbonyl (C=O) groups excluding carboxylic acids is 2. The van der Waals surface area contributed by atoms with Gasteiger partial charge in [0.25, 0.3) is 5.90 Å². The molecule has 11 heteroatoms. The summed E-state index contributed by atoms with van der Waals surface area (Å²) in [7, 11) is 2.02. The Labute approximate surface area is 234 Å². The number of piperazine rings is 1. The van der Waals surface area contributed by atoms with Crippen LogP contribution in [-0.2, 0) is 14.9 Å². The average molecular weight is 552 g/mol. The minimum atomic E-state index is -0.474. The lowest BCUT2D eigenvalue weighted by atomic mass is 9.87. The predicted molar refractivity (Wildman–Crippen MR) is 153 cm³/mol. The Bertz CT molecular complexity index is 1460. The Balaban J connectivity index is 0.000000232. The molecule has 0 spiro atoms. The third-order valence-corrected chi connectivity index (χ3v) is 6.88. The third-order valence-electron chi connectivity index (χ3n) is 6.88. The highest BCUT2D eigenvalue weighted by molar-refractivity contribution is 6.35. The summed E-state index contributed by atoms with van der Waals surface area (Å²) in [6.45, 7) is 15.4. The molecule has 0 aliphatic carbocycles. The van der Waals surface area contributed by atoms with Crippen molar-refractivity contribution in [1.29, 1.82) is 10.8 Å². The third kappa shape index (κ3) is 6.95. The van der Waals surface area contributed by atoms with Crippen molar-refractivity contribution in [1.82, 2.24) is 24.4 Å². The zero-order valence-corrected chi connectivity index (χ0v) is 24.4. The monoisotopic (exact) mass is 551 g/mol. The number of nitrogens with zero attached hydrogens (tertiary/aromatic N) is 5. The van der Waals surface area contributed by atoms with Gasteiger partial charge in [-0.25, -0.2) is 13.9 Å². The summed E-state index contributed by atoms with van der Waals surface area (Å²) in [6.07, 6.45) is 2.32. The maximum absolute atomic E-state index is 13.5. The number of hydrogen-bond acceptors (Lipinski definition) is 8. The maximum Gasteiger partial charge on any atom is 0.309 e. The first-order valence-corrected chi connectivity index (χ1v) is 13.0. The van der Waals surface area contributed by atoms with Crippen LogP contribution < -0.4 is 0 Å². The molecule has 40 heavy (non-hydrogen) atoms. The highest BCUT2D eigenvalue weighted by Gasteiger charge is 2.35. The number of aldehydes is 1. The van der Waals surface area contributed by atoms with Crippen molar-refractivity contribution in [2.24, 2.45) is 0 Å². The van der Waals surface area contributed by atoms with Crippen molar-refractivity contribution in [2.75, 3.05) is 26.7 Å². The van der Waals surface area contributed by atoms with Crippen LogP contribution in [0.5, 0.6) is 0 Å². The fourth-order valence-electron chi connectivity index (χ4n) is 4.30. The molecule has 214 valence electrons. The molecule has 0 unspecified atom stereocenters. The van der Waals surface area contributed by atoms with Gasteiger partial charge in [0.2, 0.25) is 0 Å². The summed E-state index contributed by atoms with van der Waals surface area (Å²) in [5.41, 5.74) is 3.85. The maximum atomic E-state index is 13.5. The first kappa shape index (κ1) is 30.6. The number of nitrogens with one attached hydrogen (secondary N) is 2. The lowest BCUT2D eigenvalue weighted by Gasteiger charge is -2.45. The zero-order valence-electron chi connectivity index (χ0n) is 24.4. The molecule has 1 fully saturated rings. The fraction of sp³-hybridized carbons (Fsp3) is 0.448. The van der Waals surface area contributed by atoms with Crippen LogP contribution in [0.4, 0.5) is 4.39 Å². The van der Waals surface area contributed by atoms with Gasteiger partial charge in [0.15, 0.2) is 17.8 Å². The summed E-state index contributed by atoms with van der Waals surface area (Å²) in [6, 6.07) is 6.88. The number of imidazole rings is 1. The summed E-state index contributed by atoms with van der Waals surface area (Å²) in [5, 5.41) is 19.1. The van der Waals surface area contributed by atoms with E-state index < -0.39 is 11.8 Å². The van der Waals surface area contributed by atoms with E-state index in [1.165, 1.54) is 13.0 Å². The molecule has 0 bridgehead atoms. The Kier molecular flexibility index (Phi) is 8.88. The Hall–Kier alpha value is -3.99. The lowest BCUT2D eigenvalue weighted by Crippen LogP contribution is -2.60. The number of likely N-dealkylation sites (N-methyl/N-ethyl adjacent to an activating group) is 1. The second kappa shape index (κ2) is 11.6. The molecule has 1 amide bonds. The first-order valence-electron chi connectivity index (χ1n) is 13.0. The highest BCUT2D eigenvalue weighted by atomic mass is 19.1. The largest absolute Gasteiger partial charge is 0.421 e. The van der Waals surface area contributed by atoms with E-state index in [-0.39, 0.29) is 22.7 Å². The quantitative estimate of drug-likeness (QED) is 0.275. The number of halogens is 1. The van der Waals surface area contributed by atoms with E-state index in [9.17, 15) is 14.0 Å². The van der Waals surface area contributed by atoms with Crippen molar-refractivity contribution in [3.63, 3.8) is 0 Å². The number of fused-ring (bicyclic) bond motifs is 1. The van der Waals surface area contributed by atoms with Gasteiger partial charge in [-0.2, -0.15) is 5.10 Å². The van der Waals surface area contributed by atoms with Crippen LogP contribution in [0.25, 0.3) is 16.9 Å². The van der Waals surface area contributed by atoms with Gasteiger partial charge in [-0.15, -0.1) is 0 Å². The van der Waals surface area contributed by atoms with Crippen LogP contribution in [0.15, 0.2) is 30.5 Å². The summed E-state index contributed by atoms with van der Waals surface area (Å²) in [5.74, 6) is -1.30. The van der Waals surface area contributed by atoms with Gasteiger partial charge in [-0.05, 0) is 63.1 Å². The number of benzene rings is 1. The minimum absolute atomic E-state index is 0.103. The standard InChI is InChI=1S/C18H18FN3O.C11H20N4O2/c1-11-7-12(5-6-15(11)19)16-8-14(18(2,3)4)17-20-13(10-23)9-22(17)21-16;1-8(12)17-9(13)10(16)15-6-5-14(4)11(2,3)7-15/h5-10H,1-4H3;12-13H,5-7H2,1-4H3. The molecule has 1 saturated heterocycles. The molecule has 0 atom stereocenters. The molecule has 0 saturated carbocycles. The van der Waals surface area contributed by atoms with Crippen LogP contribution in [0.2, 0.25) is 0 Å². The first-order chi connectivity index (χ1) is 18.5. The number of hydrogen-bond donors (Lipinski definition) is 2. The van der Waals surface area contributed by atoms with E-state index in [1.54, 1.807) is 34.7 Å². The second-order valence-electron chi connectivity index (χ2n) is 11.7. The summed E-state index contributed by atoms with van der Waals surface area (Å²) < 4.78 is 19.9. The zero-order chi connectivity index (χ0) is 30.0. The second-order valence-corrected chi connectivity index (χ2v) is 11.7. The molecular formula is C29H38FN7O3. The summed E-state index contributed by atoms with van der Waals surface area (Å²) >= 11 is 0. The van der Waals surface area contributed by atoms with E-state index in [1.807, 2.05) is 13.1 Å². The number of amides is 1. The molecule has 2 N–H and O–H groups in total. The van der Waals surface area contributed by atoms with E-state index >= 15 is 0 Å². The number of aryl methyl sites for hydroxylation is 1. The van der Waals surface area contributed by atoms with Crippen molar-refractivity contribution < 1.29 is 18.7 Å². The smallest absolute Gasteiger partial charge is 0.309 e. The number of ether oxygens (including phenoxy) is 1. The molecule has 10 nitrogen and oxygen atoms in total. The average Bonchev–Trinajstić information content (AvgIpc) is 3.29. The Morgan fingerprint density at radius 3 is 2.40 bits per heavy atom. The SMILES string of the molecule is CC(=N)OC(=N)C(=O)N1CCN(C)C(C)(C)C1.Cc1cc(-c2cc(C(C)(C)C)c3nc(C=O)cn3n2)ccc1F. The highest BCUT2D eigenvalue weighted by Crippen LogP contribution is 2.30. The van der Waals surface area contributed by atoms with Crippen molar-refractivity contribution in [2.45, 2.75) is 59.4 Å². The summed E-state index contributed by atoms with van der Waals surface area (Å²) in [4.78, 5) is 31.0. The van der Waals surface area contributed by atoms with Crippen LogP contribution in [0.3, 0.4) is 0 Å². The van der Waals surface area contributed by atoms with E-state index in [2.05, 4.69) is 49.6 Å². The molecule has 1 aliphatic heterocycles. The molecule has 0 radical (unpaired) electrons. The van der Waals surface area contributed by atoms with Gasteiger partial charge in [0.05, 0.1) is 11.9 Å². The van der Waals surface area contributed by atoms with Crippen molar-refractivity contribution >= 4 is 29.6 Å². The van der Waals surface area contributed by atoms with Crippen LogP contribution >= 0.6 is 0 Å². The van der Waals surface area contributed by atoms with Gasteiger partial charge in [0.1, 0.15) is 11.5 Å². The molecule has 1 aliphatic rings. The molecule has 2 aromatic heterocycles. The van der Waals surface area contributed by atoms with E-state index in [0.29, 0.717) is 36.3 Å². The molecule has 1 aromatic carbocycles. The van der Waals surface area contributed by atoms with E-state index in [4.69, 9.17) is 15.6 Å². The Morgan fingerprint density at radius 1 is 1.18 bits per heavy atom. The molecular weight excluding hydrogens is 513 g/mol. The van der Waals surface area contributed by atoms with Crippen molar-refractivity contribution in [3.8, 4) is 11.3 Å². The fourth-order valence-corrected chi connectivity index (χ4v) is 4.30. The van der Waals surface area contributed by atoms with Crippen molar-refractivity contribution in [3.05, 3.63) is 53.1 Å². The van der Waals surface area contributed by atoms with Gasteiger partial charge in [-0.1, -0.05) is 20.8 Å². The van der Waals surface area contributed by atoms with Gasteiger partial charge in [-0.3, -0.25) is 25.3 Å². The van der Waals surface area contributed by atoms with Crippen LogP contribution in [-0.4, -0.2) is 80.6 Å². The Morgan fingerprint density at radius 2 is 1.85 bits per heavy atom. The van der Waals surface area contributed by atoms with Crippen LogP contribution in [0, 0.1) is 23.6 Å². The van der Waals surface area contributed by atoms with E-state index in [0.717, 1.165) is 23.4 Å². The van der Waals surface area contributed by atoms with Crippen LogP contribution in [0.1, 0.15) is 63.2 Å². The molecule has 3 heterocycles. The number of aromatic nitrogens is 3. The molecule has 3 aromatic rings. The van der Waals surface area contributed by atoms with Gasteiger partial charge >= 0.3 is 5.91 Å². The number of carbonyl (C=O) groups is 2. The predicted octanol–water partition coefficient (Wildman–Crippen LogP) is 4.48. The lowest BCUT2D eigenvalue weighted by molar-refractivity contribution is -0.129. The topological polar surface area (TPSA) is 128 Å². The molecule has 4 rings (SSSR count). The number of rotatable bonds is 2. The van der Waals surface area contributed by atoms with Gasteiger partial charge < -0.3 is 9.64 Å². The normalized spacial score (nSPS) is 15.3. The minimum Gasteiger partial charge on any atom is -0.421 e. The van der Waals surface area contributed by atoms with Gasteiger partial charge in [0, 0.05) is 43.2 Å².